The quantitative estimate of drug-likeness (QED) is 0.00612. The minimum Gasteiger partial charge on any atom is -0.550 e. The van der Waals surface area contributed by atoms with Crippen molar-refractivity contribution in [2.45, 2.75) is 407 Å². The molecule has 6 aliphatic heterocycles. The van der Waals surface area contributed by atoms with Gasteiger partial charge in [-0.15, -0.1) is 0 Å². The molecule has 0 saturated carbocycles. The third-order valence-electron chi connectivity index (χ3n) is 26.0. The van der Waals surface area contributed by atoms with Gasteiger partial charge in [0.05, 0.1) is 82.7 Å². The van der Waals surface area contributed by atoms with Crippen molar-refractivity contribution >= 4 is 182 Å². The number of nitrogens with one attached hydrogen (secondary N) is 6. The van der Waals surface area contributed by atoms with E-state index in [4.69, 9.17) is 62.8 Å². The van der Waals surface area contributed by atoms with Crippen LogP contribution in [0.15, 0.2) is 55.4 Å². The summed E-state index contributed by atoms with van der Waals surface area (Å²) in [5, 5.41) is 41.6. The Morgan fingerprint density at radius 3 is 1.03 bits per heavy atom. The van der Waals surface area contributed by atoms with E-state index in [0.717, 1.165) is 101 Å². The summed E-state index contributed by atoms with van der Waals surface area (Å²) in [6.07, 6.45) is 33.6. The number of fused-ring (bicyclic) bond motifs is 3. The molecule has 6 aliphatic rings. The van der Waals surface area contributed by atoms with E-state index in [1.165, 1.54) is 121 Å². The summed E-state index contributed by atoms with van der Waals surface area (Å²) in [6, 6.07) is 15.0. The summed E-state index contributed by atoms with van der Waals surface area (Å²) < 4.78 is 54.1. The number of carbonyl (C=O) groups is 7. The average molecular weight is 2210 g/mol. The summed E-state index contributed by atoms with van der Waals surface area (Å²) in [4.78, 5) is 125. The van der Waals surface area contributed by atoms with Gasteiger partial charge in [-0.2, -0.15) is 29.9 Å². The zero-order valence-corrected chi connectivity index (χ0v) is 97.2. The number of carboxylic acid groups (broad SMARTS) is 1. The highest BCUT2D eigenvalue weighted by Gasteiger charge is 2.42. The number of ketones is 1. The molecule has 12 heterocycles. The number of aliphatic hydroxyl groups excluding tert-OH is 1. The largest absolute Gasteiger partial charge is 0.550 e. The van der Waals surface area contributed by atoms with Crippen molar-refractivity contribution in [3.05, 3.63) is 55.4 Å². The first kappa shape index (κ1) is 122. The molecule has 147 heavy (non-hydrogen) atoms. The van der Waals surface area contributed by atoms with Crippen LogP contribution in [0, 0.1) is 0 Å². The van der Waals surface area contributed by atoms with Crippen molar-refractivity contribution in [2.24, 2.45) is 0 Å². The summed E-state index contributed by atoms with van der Waals surface area (Å²) in [7, 11) is 7.15. The lowest BCUT2D eigenvalue weighted by Gasteiger charge is -2.17. The van der Waals surface area contributed by atoms with E-state index < -0.39 is 72.9 Å². The van der Waals surface area contributed by atoms with Crippen LogP contribution < -0.4 is 51.2 Å². The van der Waals surface area contributed by atoms with Crippen molar-refractivity contribution in [3.8, 4) is 17.6 Å². The van der Waals surface area contributed by atoms with Gasteiger partial charge in [-0.3, -0.25) is 37.7 Å². The fourth-order valence-electron chi connectivity index (χ4n) is 17.3. The Kier molecular flexibility index (Phi) is 54.0. The number of carboxylic acids is 1. The first-order chi connectivity index (χ1) is 70.8. The molecule has 7 aromatic rings. The Labute approximate surface area is 897 Å². The molecular formula is C103H167N18O17S6Si3-. The van der Waals surface area contributed by atoms with Gasteiger partial charge in [0.2, 0.25) is 53.2 Å². The van der Waals surface area contributed by atoms with E-state index in [2.05, 4.69) is 111 Å². The van der Waals surface area contributed by atoms with Crippen LogP contribution in [0.4, 0.5) is 17.8 Å². The Morgan fingerprint density at radius 2 is 0.721 bits per heavy atom. The molecule has 6 saturated heterocycles. The number of hydrogen-bond donors (Lipinski definition) is 7. The molecule has 6 aromatic heterocycles. The molecule has 0 spiro atoms. The highest BCUT2D eigenvalue weighted by molar-refractivity contribution is 8.78. The predicted octanol–water partition coefficient (Wildman–Crippen LogP) is 20.5. The van der Waals surface area contributed by atoms with Crippen LogP contribution in [0.3, 0.4) is 0 Å². The molecule has 7 N–H and O–H groups in total. The van der Waals surface area contributed by atoms with Crippen LogP contribution in [0.2, 0.25) is 77.1 Å². The van der Waals surface area contributed by atoms with Gasteiger partial charge in [0, 0.05) is 134 Å². The smallest absolute Gasteiger partial charge is 0.306 e. The molecule has 3 unspecified atom stereocenters. The zero-order valence-electron chi connectivity index (χ0n) is 89.3. The number of carbonyl (C=O) groups excluding carboxylic acids is 7. The molecule has 13 rings (SSSR count). The number of benzene rings is 1. The van der Waals surface area contributed by atoms with Gasteiger partial charge < -0.3 is 89.6 Å². The van der Waals surface area contributed by atoms with E-state index >= 15 is 0 Å². The molecule has 0 aliphatic carbocycles. The molecule has 3 amide bonds. The number of aromatic nitrogens is 12. The van der Waals surface area contributed by atoms with Gasteiger partial charge >= 0.3 is 11.9 Å². The van der Waals surface area contributed by atoms with Crippen LogP contribution >= 0.6 is 64.8 Å². The zero-order chi connectivity index (χ0) is 105. The van der Waals surface area contributed by atoms with E-state index in [0.29, 0.717) is 156 Å². The summed E-state index contributed by atoms with van der Waals surface area (Å²) in [5.74, 6) is 4.15. The minimum absolute atomic E-state index is 0.0194. The highest BCUT2D eigenvalue weighted by Crippen LogP contribution is 2.44. The number of imidazole rings is 3. The summed E-state index contributed by atoms with van der Waals surface area (Å²) >= 11 is 0. The molecule has 6 fully saturated rings. The first-order valence-electron chi connectivity index (χ1n) is 54.0. The normalized spacial score (nSPS) is 20.7. The van der Waals surface area contributed by atoms with E-state index in [1.807, 2.05) is 125 Å². The number of ether oxygens (including phenoxy) is 8. The second kappa shape index (κ2) is 65.3. The van der Waals surface area contributed by atoms with Gasteiger partial charge in [-0.05, 0) is 95.7 Å². The number of aliphatic hydroxyl groups is 1. The van der Waals surface area contributed by atoms with Gasteiger partial charge in [-0.1, -0.05) is 284 Å². The Hall–Kier alpha value is -7.25. The minimum atomic E-state index is -1.34. The SMILES string of the molecule is CC[C@H]1O[C@@H](n2cnc3c(OCC[Si](C)(C)C)nc(NCCCCCCCCCCCCNC(=O)CC4CCSS4)nc32)C[C@H]1O.CC[C@H]1O[C@@H](n2cnc3c(OCC[Si](C)(C)C)nc(NCCCCCCCCCCCCNC(=O)CC4CCSS4)nc32)C[C@H]1OC(=O)CCC(=O)[O-].CC[C@H]1O[C@@H](n2cnc3c(OCC[Si](C)(C)C)nc(NCNC(=O)CC4CCSS4)nc32)C[C@H]1OC(=O)CCC(C)=O.c1ccccc1. The van der Waals surface area contributed by atoms with Crippen molar-refractivity contribution in [1.82, 2.24) is 74.5 Å². The topological polar surface area (TPSA) is 440 Å². The molecular weight excluding hydrogens is 2040 g/mol. The number of Topliss-reactive ketones (excluding diaryl/α,β-unsaturated/α-hetero) is 1. The fraction of sp³-hybridized carbons (Fsp3) is 0.728. The van der Waals surface area contributed by atoms with Gasteiger partial charge in [-0.25, -0.2) is 15.0 Å². The standard InChI is InChI=1S/C37H62N6O7S2Si.C33H58N6O4S2Si.C27H42N6O6S2Si.C6H6/c1-5-28-29(50-33(47)17-16-32(45)46)25-31(49-28)43-26-40-34-35(43)41-37(42-36(34)48-21-23-53(2,3)4)39-20-15-13-11-9-7-6-8-10-12-14-19-38-30(44)24-27-18-22-51-52-27;1-5-27-26(40)23-29(43-27)39-24-36-30-31(39)37-33(38-32(30)42-19-21-46(2,3)4)35-18-15-13-11-9-7-6-8-10-12-14-17-34-28(41)22-25-16-20-44-45-25;1-6-19-20(39-23(36)8-7-17(2)34)14-22(38-19)33-16-30-24-25(33)31-27(32-26(24)37-10-12-42(3,4)5)29-15-28-21(35)13-18-9-11-40-41-18;1-2-4-6-5-3-1/h26-29,31H,5-25H2,1-4H3,(H,38,44)(H,45,46)(H,39,41,42);24-27,29,40H,5-23H2,1-4H3,(H,34,41)(H,35,37,38);16,18-20,22H,6-15H2,1-5H3,(H,28,35)(H,29,31,32);1-6H/p-1/t27?,28-,29-,31-;25?,26-,27-,29-;18?,19-,20-,22-;/m111./s1. The third-order valence-corrected chi connectivity index (χ3v) is 39.9. The molecule has 820 valence electrons. The van der Waals surface area contributed by atoms with E-state index in [1.54, 1.807) is 29.8 Å². The third kappa shape index (κ3) is 45.1. The highest BCUT2D eigenvalue weighted by atomic mass is 33.1. The fourth-order valence-corrected chi connectivity index (χ4v) is 28.1. The van der Waals surface area contributed by atoms with E-state index in [-0.39, 0.29) is 80.4 Å². The molecule has 12 atom stereocenters. The lowest BCUT2D eigenvalue weighted by Crippen LogP contribution is -2.31. The summed E-state index contributed by atoms with van der Waals surface area (Å²) in [5.41, 5.74) is 3.48. The monoisotopic (exact) mass is 2200 g/mol. The number of unbranched alkanes of at least 4 members (excludes halogenated alkanes) is 18. The number of esters is 2. The summed E-state index contributed by atoms with van der Waals surface area (Å²) in [6.45, 7) is 33.2. The Balaban J connectivity index is 0.000000220. The number of rotatable bonds is 63. The number of nitrogens with zero attached hydrogens (tertiary/aromatic N) is 12. The van der Waals surface area contributed by atoms with Gasteiger partial charge in [0.25, 0.3) is 0 Å². The number of aliphatic carboxylic acids is 1. The molecule has 35 nitrogen and oxygen atoms in total. The van der Waals surface area contributed by atoms with Crippen LogP contribution in [0.5, 0.6) is 17.6 Å². The maximum atomic E-state index is 12.4. The van der Waals surface area contributed by atoms with Crippen LogP contribution in [0.1, 0.15) is 278 Å². The molecule has 44 heteroatoms. The molecule has 0 bridgehead atoms. The van der Waals surface area contributed by atoms with Gasteiger partial charge in [0.1, 0.15) is 36.7 Å². The van der Waals surface area contributed by atoms with Crippen molar-refractivity contribution in [2.75, 3.05) is 85.9 Å². The maximum Gasteiger partial charge on any atom is 0.306 e. The van der Waals surface area contributed by atoms with E-state index in [9.17, 15) is 43.8 Å². The number of anilines is 3. The lowest BCUT2D eigenvalue weighted by atomic mass is 10.1. The Morgan fingerprint density at radius 1 is 0.408 bits per heavy atom. The molecule has 0 radical (unpaired) electrons. The van der Waals surface area contributed by atoms with Crippen LogP contribution in [-0.4, -0.2) is 252 Å². The lowest BCUT2D eigenvalue weighted by molar-refractivity contribution is -0.305. The van der Waals surface area contributed by atoms with Crippen molar-refractivity contribution in [3.63, 3.8) is 0 Å². The second-order valence-electron chi connectivity index (χ2n) is 42.4. The van der Waals surface area contributed by atoms with Crippen molar-refractivity contribution in [1.29, 1.82) is 0 Å². The first-order valence-corrected chi connectivity index (χ1v) is 72.3. The van der Waals surface area contributed by atoms with Crippen molar-refractivity contribution < 1.29 is 81.7 Å². The number of amides is 3. The average Bonchev–Trinajstić information content (AvgIpc) is 1.61. The van der Waals surface area contributed by atoms with Gasteiger partial charge in [0.15, 0.2) is 33.5 Å². The van der Waals surface area contributed by atoms with Crippen LogP contribution in [0.25, 0.3) is 33.5 Å². The number of hydrogen-bond acceptors (Lipinski definition) is 35. The molecule has 1 aromatic carbocycles. The maximum absolute atomic E-state index is 12.4. The Bertz CT molecular complexity index is 5060. The second-order valence-corrected chi connectivity index (χ2v) is 67.6. The predicted molar refractivity (Wildman–Crippen MR) is 601 cm³/mol. The van der Waals surface area contributed by atoms with Crippen LogP contribution in [-0.2, 0) is 57.2 Å².